The van der Waals surface area contributed by atoms with E-state index in [0.29, 0.717) is 0 Å². The van der Waals surface area contributed by atoms with Gasteiger partial charge < -0.3 is 5.73 Å². The summed E-state index contributed by atoms with van der Waals surface area (Å²) in [7, 11) is 0. The van der Waals surface area contributed by atoms with E-state index >= 15 is 0 Å². The maximum absolute atomic E-state index is 5.83. The summed E-state index contributed by atoms with van der Waals surface area (Å²) in [6.07, 6.45) is 4.15. The molecule has 4 nitrogen and oxygen atoms in total. The molecular formula is C15H18N4S. The molecule has 20 heavy (non-hydrogen) atoms. The van der Waals surface area contributed by atoms with Crippen molar-refractivity contribution >= 4 is 22.0 Å². The molecule has 2 heterocycles. The van der Waals surface area contributed by atoms with Crippen molar-refractivity contribution in [2.45, 2.75) is 20.0 Å². The summed E-state index contributed by atoms with van der Waals surface area (Å²) < 4.78 is 2.08. The number of anilines is 1. The van der Waals surface area contributed by atoms with E-state index in [2.05, 4.69) is 38.9 Å². The van der Waals surface area contributed by atoms with Gasteiger partial charge in [0.25, 0.3) is 0 Å². The van der Waals surface area contributed by atoms with E-state index in [9.17, 15) is 0 Å². The molecule has 3 aromatic rings. The zero-order chi connectivity index (χ0) is 13.9. The molecule has 0 aliphatic rings. The van der Waals surface area contributed by atoms with Gasteiger partial charge in [-0.15, -0.1) is 11.3 Å². The fraction of sp³-hybridized carbons (Fsp3) is 0.267. The van der Waals surface area contributed by atoms with Crippen LogP contribution in [-0.2, 0) is 13.1 Å². The molecule has 2 N–H and O–H groups in total. The second-order valence-corrected chi connectivity index (χ2v) is 5.75. The molecular weight excluding hydrogens is 268 g/mol. The van der Waals surface area contributed by atoms with Crippen molar-refractivity contribution < 1.29 is 0 Å². The van der Waals surface area contributed by atoms with Crippen LogP contribution in [-0.4, -0.2) is 20.8 Å². The molecule has 0 saturated heterocycles. The van der Waals surface area contributed by atoms with E-state index in [-0.39, 0.29) is 0 Å². The Morgan fingerprint density at radius 1 is 1.35 bits per heavy atom. The summed E-state index contributed by atoms with van der Waals surface area (Å²) in [4.78, 5) is 8.05. The molecule has 0 aliphatic heterocycles. The van der Waals surface area contributed by atoms with Crippen LogP contribution in [0.5, 0.6) is 0 Å². The van der Waals surface area contributed by atoms with Crippen molar-refractivity contribution in [3.8, 4) is 0 Å². The molecule has 0 fully saturated rings. The Morgan fingerprint density at radius 2 is 2.25 bits per heavy atom. The third-order valence-corrected chi connectivity index (χ3v) is 4.10. The Balaban J connectivity index is 1.72. The van der Waals surface area contributed by atoms with Crippen LogP contribution in [0.25, 0.3) is 4.96 Å². The molecule has 0 spiro atoms. The van der Waals surface area contributed by atoms with Gasteiger partial charge in [-0.1, -0.05) is 19.1 Å². The topological polar surface area (TPSA) is 46.6 Å². The number of nitrogens with two attached hydrogens (primary N) is 1. The highest BCUT2D eigenvalue weighted by Gasteiger charge is 2.09. The van der Waals surface area contributed by atoms with Crippen molar-refractivity contribution in [2.75, 3.05) is 12.3 Å². The number of thiazole rings is 1. The third kappa shape index (κ3) is 2.84. The Hall–Kier alpha value is -1.85. The van der Waals surface area contributed by atoms with Crippen LogP contribution in [0.3, 0.4) is 0 Å². The zero-order valence-corrected chi connectivity index (χ0v) is 12.3. The van der Waals surface area contributed by atoms with Crippen molar-refractivity contribution in [1.82, 2.24) is 14.3 Å². The van der Waals surface area contributed by atoms with Gasteiger partial charge in [-0.05, 0) is 24.2 Å². The highest BCUT2D eigenvalue weighted by molar-refractivity contribution is 7.15. The third-order valence-electron chi connectivity index (χ3n) is 3.33. The van der Waals surface area contributed by atoms with Crippen LogP contribution >= 0.6 is 11.3 Å². The number of fused-ring (bicyclic) bond motifs is 1. The summed E-state index contributed by atoms with van der Waals surface area (Å²) in [5.41, 5.74) is 9.01. The molecule has 0 unspecified atom stereocenters. The second-order valence-electron chi connectivity index (χ2n) is 4.87. The van der Waals surface area contributed by atoms with Gasteiger partial charge in [-0.25, -0.2) is 4.98 Å². The maximum atomic E-state index is 5.83. The standard InChI is InChI=1S/C15H18N4S/c1-2-18(9-12-4-3-5-13(16)8-12)10-14-11-19-6-7-20-15(19)17-14/h3-8,11H,2,9-10,16H2,1H3. The first-order valence-corrected chi connectivity index (χ1v) is 7.60. The SMILES string of the molecule is CCN(Cc1cccc(N)c1)Cc1cn2ccsc2n1. The lowest BCUT2D eigenvalue weighted by molar-refractivity contribution is 0.268. The first kappa shape index (κ1) is 13.1. The Labute approximate surface area is 122 Å². The van der Waals surface area contributed by atoms with Gasteiger partial charge in [0.1, 0.15) is 0 Å². The minimum Gasteiger partial charge on any atom is -0.399 e. The molecule has 3 rings (SSSR count). The molecule has 0 radical (unpaired) electrons. The number of nitrogens with zero attached hydrogens (tertiary/aromatic N) is 3. The lowest BCUT2D eigenvalue weighted by Gasteiger charge is -2.19. The minimum atomic E-state index is 0.820. The number of aromatic nitrogens is 2. The van der Waals surface area contributed by atoms with E-state index in [1.807, 2.05) is 24.4 Å². The number of benzene rings is 1. The largest absolute Gasteiger partial charge is 0.399 e. The summed E-state index contributed by atoms with van der Waals surface area (Å²) in [5.74, 6) is 0. The monoisotopic (exact) mass is 286 g/mol. The van der Waals surface area contributed by atoms with Crippen LogP contribution < -0.4 is 5.73 Å². The lowest BCUT2D eigenvalue weighted by atomic mass is 10.2. The molecule has 0 saturated carbocycles. The smallest absolute Gasteiger partial charge is 0.193 e. The highest BCUT2D eigenvalue weighted by atomic mass is 32.1. The van der Waals surface area contributed by atoms with Crippen LogP contribution in [0.4, 0.5) is 5.69 Å². The van der Waals surface area contributed by atoms with Crippen LogP contribution in [0.1, 0.15) is 18.2 Å². The first-order valence-electron chi connectivity index (χ1n) is 6.72. The van der Waals surface area contributed by atoms with E-state index in [1.165, 1.54) is 5.56 Å². The highest BCUT2D eigenvalue weighted by Crippen LogP contribution is 2.15. The predicted octanol–water partition coefficient (Wildman–Crippen LogP) is 3.00. The lowest BCUT2D eigenvalue weighted by Crippen LogP contribution is -2.22. The average Bonchev–Trinajstić information content (AvgIpc) is 2.98. The predicted molar refractivity (Wildman–Crippen MR) is 83.7 cm³/mol. The number of nitrogen functional groups attached to an aromatic ring is 1. The van der Waals surface area contributed by atoms with Crippen LogP contribution in [0.2, 0.25) is 0 Å². The van der Waals surface area contributed by atoms with Crippen LogP contribution in [0.15, 0.2) is 42.0 Å². The molecule has 0 bridgehead atoms. The molecule has 1 aromatic carbocycles. The summed E-state index contributed by atoms with van der Waals surface area (Å²) in [6, 6.07) is 8.08. The summed E-state index contributed by atoms with van der Waals surface area (Å²) in [5, 5.41) is 2.05. The molecule has 5 heteroatoms. The van der Waals surface area contributed by atoms with Crippen molar-refractivity contribution in [1.29, 1.82) is 0 Å². The van der Waals surface area contributed by atoms with E-state index in [1.54, 1.807) is 11.3 Å². The zero-order valence-electron chi connectivity index (χ0n) is 11.5. The molecule has 2 aromatic heterocycles. The Kier molecular flexibility index (Phi) is 3.71. The fourth-order valence-corrected chi connectivity index (χ4v) is 3.03. The fourth-order valence-electron chi connectivity index (χ4n) is 2.31. The average molecular weight is 286 g/mol. The van der Waals surface area contributed by atoms with Gasteiger partial charge in [0, 0.05) is 36.6 Å². The number of imidazole rings is 1. The van der Waals surface area contributed by atoms with E-state index in [0.717, 1.165) is 36.0 Å². The Morgan fingerprint density at radius 3 is 3.00 bits per heavy atom. The molecule has 104 valence electrons. The van der Waals surface area contributed by atoms with Gasteiger partial charge in [0.05, 0.1) is 5.69 Å². The maximum Gasteiger partial charge on any atom is 0.193 e. The first-order chi connectivity index (χ1) is 9.74. The van der Waals surface area contributed by atoms with Gasteiger partial charge >= 0.3 is 0 Å². The van der Waals surface area contributed by atoms with Crippen LogP contribution in [0, 0.1) is 0 Å². The number of hydrogen-bond donors (Lipinski definition) is 1. The number of hydrogen-bond acceptors (Lipinski definition) is 4. The van der Waals surface area contributed by atoms with Gasteiger partial charge in [-0.3, -0.25) is 9.30 Å². The van der Waals surface area contributed by atoms with Gasteiger partial charge in [0.2, 0.25) is 0 Å². The van der Waals surface area contributed by atoms with Crippen molar-refractivity contribution in [3.05, 3.63) is 53.3 Å². The van der Waals surface area contributed by atoms with E-state index in [4.69, 9.17) is 5.73 Å². The van der Waals surface area contributed by atoms with Crippen molar-refractivity contribution in [2.24, 2.45) is 0 Å². The second kappa shape index (κ2) is 5.64. The normalized spacial score (nSPS) is 11.5. The molecule has 0 atom stereocenters. The van der Waals surface area contributed by atoms with E-state index < -0.39 is 0 Å². The molecule has 0 aliphatic carbocycles. The van der Waals surface area contributed by atoms with Gasteiger partial charge in [0.15, 0.2) is 4.96 Å². The Bertz CT molecular complexity index is 672. The molecule has 0 amide bonds. The van der Waals surface area contributed by atoms with Crippen molar-refractivity contribution in [3.63, 3.8) is 0 Å². The van der Waals surface area contributed by atoms with Gasteiger partial charge in [-0.2, -0.15) is 0 Å². The minimum absolute atomic E-state index is 0.820. The number of rotatable bonds is 5. The quantitative estimate of drug-likeness (QED) is 0.733. The summed E-state index contributed by atoms with van der Waals surface area (Å²) in [6.45, 7) is 4.91. The summed E-state index contributed by atoms with van der Waals surface area (Å²) >= 11 is 1.67.